The molecule has 1 heterocycles. The van der Waals surface area contributed by atoms with Gasteiger partial charge in [0.2, 0.25) is 6.41 Å². The molecule has 0 aromatic rings. The minimum Gasteiger partial charge on any atom is -0.346 e. The first-order valence-electron chi connectivity index (χ1n) is 5.59. The van der Waals surface area contributed by atoms with E-state index in [1.807, 2.05) is 13.8 Å². The molecule has 1 amide bonds. The minimum absolute atomic E-state index is 0.786. The number of hydrogen-bond donors (Lipinski definition) is 0. The van der Waals surface area contributed by atoms with E-state index in [9.17, 15) is 4.79 Å². The SMILES string of the molecule is CC(C)N1CCC1.CCN(C=O)CC. The van der Waals surface area contributed by atoms with E-state index in [4.69, 9.17) is 0 Å². The summed E-state index contributed by atoms with van der Waals surface area (Å²) < 4.78 is 0. The maximum Gasteiger partial charge on any atom is 0.209 e. The molecule has 0 radical (unpaired) electrons. The molecule has 0 unspecified atom stereocenters. The van der Waals surface area contributed by atoms with Crippen molar-refractivity contribution in [2.24, 2.45) is 0 Å². The maximum atomic E-state index is 9.89. The Labute approximate surface area is 88.1 Å². The molecule has 0 atom stereocenters. The second kappa shape index (κ2) is 7.80. The van der Waals surface area contributed by atoms with E-state index in [0.717, 1.165) is 25.5 Å². The van der Waals surface area contributed by atoms with E-state index in [2.05, 4.69) is 18.7 Å². The molecule has 0 N–H and O–H groups in total. The Hall–Kier alpha value is -0.570. The molecule has 1 fully saturated rings. The van der Waals surface area contributed by atoms with Crippen LogP contribution in [0.3, 0.4) is 0 Å². The van der Waals surface area contributed by atoms with Gasteiger partial charge in [-0.2, -0.15) is 0 Å². The quantitative estimate of drug-likeness (QED) is 0.643. The Morgan fingerprint density at radius 3 is 1.79 bits per heavy atom. The Kier molecular flexibility index (Phi) is 7.48. The summed E-state index contributed by atoms with van der Waals surface area (Å²) in [7, 11) is 0. The summed E-state index contributed by atoms with van der Waals surface area (Å²) in [6.07, 6.45) is 2.28. The lowest BCUT2D eigenvalue weighted by molar-refractivity contribution is -0.117. The van der Waals surface area contributed by atoms with Gasteiger partial charge in [0.1, 0.15) is 0 Å². The highest BCUT2D eigenvalue weighted by molar-refractivity contribution is 5.46. The topological polar surface area (TPSA) is 23.6 Å². The van der Waals surface area contributed by atoms with Gasteiger partial charge in [0.25, 0.3) is 0 Å². The smallest absolute Gasteiger partial charge is 0.209 e. The fourth-order valence-electron chi connectivity index (χ4n) is 1.23. The lowest BCUT2D eigenvalue weighted by atomic mass is 10.2. The molecule has 0 saturated carbocycles. The van der Waals surface area contributed by atoms with Crippen molar-refractivity contribution in [2.75, 3.05) is 26.2 Å². The predicted molar refractivity (Wildman–Crippen MR) is 60.3 cm³/mol. The van der Waals surface area contributed by atoms with Crippen molar-refractivity contribution in [1.82, 2.24) is 9.80 Å². The molecule has 0 aromatic heterocycles. The second-order valence-corrected chi connectivity index (χ2v) is 3.81. The molecule has 1 aliphatic heterocycles. The van der Waals surface area contributed by atoms with Gasteiger partial charge in [0.15, 0.2) is 0 Å². The summed E-state index contributed by atoms with van der Waals surface area (Å²) in [5.41, 5.74) is 0. The number of hydrogen-bond acceptors (Lipinski definition) is 2. The van der Waals surface area contributed by atoms with Crippen LogP contribution >= 0.6 is 0 Å². The summed E-state index contributed by atoms with van der Waals surface area (Å²) in [6.45, 7) is 12.7. The average Bonchev–Trinajstić information content (AvgIpc) is 2.04. The van der Waals surface area contributed by atoms with E-state index in [1.54, 1.807) is 4.90 Å². The fourth-order valence-corrected chi connectivity index (χ4v) is 1.23. The van der Waals surface area contributed by atoms with Gasteiger partial charge in [-0.15, -0.1) is 0 Å². The van der Waals surface area contributed by atoms with E-state index >= 15 is 0 Å². The van der Waals surface area contributed by atoms with Gasteiger partial charge in [0.05, 0.1) is 0 Å². The molecular weight excluding hydrogens is 176 g/mol. The number of likely N-dealkylation sites (tertiary alicyclic amines) is 1. The van der Waals surface area contributed by atoms with E-state index in [-0.39, 0.29) is 0 Å². The van der Waals surface area contributed by atoms with Crippen molar-refractivity contribution in [3.8, 4) is 0 Å². The van der Waals surface area contributed by atoms with Crippen LogP contribution in [0.25, 0.3) is 0 Å². The highest BCUT2D eigenvalue weighted by atomic mass is 16.1. The third-order valence-electron chi connectivity index (χ3n) is 2.58. The molecule has 84 valence electrons. The summed E-state index contributed by atoms with van der Waals surface area (Å²) in [5.74, 6) is 0. The van der Waals surface area contributed by atoms with Gasteiger partial charge < -0.3 is 9.80 Å². The Morgan fingerprint density at radius 2 is 1.79 bits per heavy atom. The summed E-state index contributed by atoms with van der Waals surface area (Å²) in [6, 6.07) is 0.786. The first-order valence-corrected chi connectivity index (χ1v) is 5.59. The molecule has 14 heavy (non-hydrogen) atoms. The van der Waals surface area contributed by atoms with Gasteiger partial charge in [-0.05, 0) is 47.2 Å². The summed E-state index contributed by atoms with van der Waals surface area (Å²) in [5, 5.41) is 0. The Bertz CT molecular complexity index is 140. The highest BCUT2D eigenvalue weighted by Crippen LogP contribution is 2.08. The van der Waals surface area contributed by atoms with Crippen LogP contribution in [0.2, 0.25) is 0 Å². The molecule has 1 rings (SSSR count). The van der Waals surface area contributed by atoms with Gasteiger partial charge in [0, 0.05) is 19.1 Å². The van der Waals surface area contributed by atoms with Crippen LogP contribution in [0.4, 0.5) is 0 Å². The minimum atomic E-state index is 0.786. The number of carbonyl (C=O) groups excluding carboxylic acids is 1. The first-order chi connectivity index (χ1) is 6.65. The Balaban J connectivity index is 0.000000241. The summed E-state index contributed by atoms with van der Waals surface area (Å²) >= 11 is 0. The molecule has 0 aromatic carbocycles. The largest absolute Gasteiger partial charge is 0.346 e. The summed E-state index contributed by atoms with van der Waals surface area (Å²) in [4.78, 5) is 14.1. The zero-order chi connectivity index (χ0) is 11.0. The lowest BCUT2D eigenvalue weighted by Gasteiger charge is -2.34. The van der Waals surface area contributed by atoms with Crippen molar-refractivity contribution >= 4 is 6.41 Å². The third-order valence-corrected chi connectivity index (χ3v) is 2.58. The van der Waals surface area contributed by atoms with Gasteiger partial charge in [-0.1, -0.05) is 0 Å². The van der Waals surface area contributed by atoms with Crippen LogP contribution in [0.5, 0.6) is 0 Å². The van der Waals surface area contributed by atoms with Crippen molar-refractivity contribution in [3.63, 3.8) is 0 Å². The van der Waals surface area contributed by atoms with Crippen molar-refractivity contribution < 1.29 is 4.79 Å². The normalized spacial score (nSPS) is 15.5. The van der Waals surface area contributed by atoms with E-state index < -0.39 is 0 Å². The van der Waals surface area contributed by atoms with Crippen LogP contribution in [-0.2, 0) is 4.79 Å². The van der Waals surface area contributed by atoms with Crippen LogP contribution in [0.1, 0.15) is 34.1 Å². The lowest BCUT2D eigenvalue weighted by Crippen LogP contribution is -2.41. The molecule has 1 saturated heterocycles. The molecule has 1 aliphatic rings. The van der Waals surface area contributed by atoms with Crippen molar-refractivity contribution in [1.29, 1.82) is 0 Å². The second-order valence-electron chi connectivity index (χ2n) is 3.81. The van der Waals surface area contributed by atoms with E-state index in [0.29, 0.717) is 0 Å². The first kappa shape index (κ1) is 13.4. The third kappa shape index (κ3) is 5.22. The molecule has 0 spiro atoms. The Morgan fingerprint density at radius 1 is 1.29 bits per heavy atom. The van der Waals surface area contributed by atoms with Crippen molar-refractivity contribution in [3.05, 3.63) is 0 Å². The van der Waals surface area contributed by atoms with Crippen LogP contribution in [-0.4, -0.2) is 48.4 Å². The number of nitrogens with zero attached hydrogens (tertiary/aromatic N) is 2. The maximum absolute atomic E-state index is 9.89. The van der Waals surface area contributed by atoms with Crippen LogP contribution in [0, 0.1) is 0 Å². The fraction of sp³-hybridized carbons (Fsp3) is 0.909. The number of carbonyl (C=O) groups is 1. The van der Waals surface area contributed by atoms with Crippen LogP contribution < -0.4 is 0 Å². The van der Waals surface area contributed by atoms with Crippen molar-refractivity contribution in [2.45, 2.75) is 40.2 Å². The predicted octanol–water partition coefficient (Wildman–Crippen LogP) is 1.59. The molecule has 0 aliphatic carbocycles. The van der Waals surface area contributed by atoms with Gasteiger partial charge in [-0.3, -0.25) is 4.79 Å². The zero-order valence-corrected chi connectivity index (χ0v) is 9.99. The molecule has 3 heteroatoms. The number of rotatable bonds is 4. The highest BCUT2D eigenvalue weighted by Gasteiger charge is 2.15. The van der Waals surface area contributed by atoms with Crippen LogP contribution in [0.15, 0.2) is 0 Å². The van der Waals surface area contributed by atoms with Gasteiger partial charge in [-0.25, -0.2) is 0 Å². The van der Waals surface area contributed by atoms with Gasteiger partial charge >= 0.3 is 0 Å². The monoisotopic (exact) mass is 200 g/mol. The molecule has 0 bridgehead atoms. The molecule has 3 nitrogen and oxygen atoms in total. The zero-order valence-electron chi connectivity index (χ0n) is 9.99. The standard InChI is InChI=1S/C6H13N.C5H11NO/c1-6(2)7-4-3-5-7;1-3-6(4-2)5-7/h6H,3-5H2,1-2H3;5H,3-4H2,1-2H3. The van der Waals surface area contributed by atoms with E-state index in [1.165, 1.54) is 19.5 Å². The number of amides is 1. The molecular formula is C11H24N2O. The average molecular weight is 200 g/mol.